The molecule has 16 heavy (non-hydrogen) atoms. The van der Waals surface area contributed by atoms with Gasteiger partial charge in [0.05, 0.1) is 12.6 Å². The van der Waals surface area contributed by atoms with Crippen LogP contribution in [0.1, 0.15) is 39.5 Å². The van der Waals surface area contributed by atoms with Crippen LogP contribution in [0.2, 0.25) is 0 Å². The van der Waals surface area contributed by atoms with Gasteiger partial charge >= 0.3 is 0 Å². The molecule has 0 spiro atoms. The Bertz CT molecular complexity index is 218. The number of nitriles is 1. The SMILES string of the molecule is CCN(CC)CCC1CCCCN1CC#N. The van der Waals surface area contributed by atoms with Gasteiger partial charge in [0, 0.05) is 6.04 Å². The summed E-state index contributed by atoms with van der Waals surface area (Å²) < 4.78 is 0. The predicted octanol–water partition coefficient (Wildman–Crippen LogP) is 2.10. The van der Waals surface area contributed by atoms with E-state index in [0.717, 1.165) is 19.6 Å². The highest BCUT2D eigenvalue weighted by atomic mass is 15.2. The maximum atomic E-state index is 8.80. The fourth-order valence-corrected chi connectivity index (χ4v) is 2.56. The highest BCUT2D eigenvalue weighted by Crippen LogP contribution is 2.19. The minimum atomic E-state index is 0.614. The fraction of sp³-hybridized carbons (Fsp3) is 0.923. The van der Waals surface area contributed by atoms with E-state index >= 15 is 0 Å². The van der Waals surface area contributed by atoms with Crippen LogP contribution in [0, 0.1) is 11.3 Å². The molecule has 0 N–H and O–H groups in total. The maximum absolute atomic E-state index is 8.80. The first-order valence-corrected chi connectivity index (χ1v) is 6.65. The van der Waals surface area contributed by atoms with Gasteiger partial charge in [0.2, 0.25) is 0 Å². The second-order valence-electron chi connectivity index (χ2n) is 4.59. The minimum absolute atomic E-state index is 0.614. The molecule has 1 heterocycles. The number of likely N-dealkylation sites (tertiary alicyclic amines) is 1. The van der Waals surface area contributed by atoms with Gasteiger partial charge in [0.1, 0.15) is 0 Å². The second-order valence-corrected chi connectivity index (χ2v) is 4.59. The normalized spacial score (nSPS) is 22.2. The highest BCUT2D eigenvalue weighted by Gasteiger charge is 2.21. The molecule has 3 heteroatoms. The molecular formula is C13H25N3. The molecule has 0 bridgehead atoms. The van der Waals surface area contributed by atoms with Gasteiger partial charge < -0.3 is 4.90 Å². The standard InChI is InChI=1S/C13H25N3/c1-3-15(4-2)11-8-13-7-5-6-10-16(13)12-9-14/h13H,3-8,10-12H2,1-2H3. The lowest BCUT2D eigenvalue weighted by molar-refractivity contribution is 0.142. The van der Waals surface area contributed by atoms with E-state index in [1.165, 1.54) is 32.2 Å². The van der Waals surface area contributed by atoms with Crippen LogP contribution in [-0.4, -0.2) is 48.6 Å². The van der Waals surface area contributed by atoms with Gasteiger partial charge in [-0.05, 0) is 45.4 Å². The molecule has 1 saturated heterocycles. The quantitative estimate of drug-likeness (QED) is 0.646. The zero-order valence-electron chi connectivity index (χ0n) is 10.8. The fourth-order valence-electron chi connectivity index (χ4n) is 2.56. The van der Waals surface area contributed by atoms with Crippen LogP contribution in [0.3, 0.4) is 0 Å². The summed E-state index contributed by atoms with van der Waals surface area (Å²) in [6, 6.07) is 2.94. The molecule has 92 valence electrons. The Morgan fingerprint density at radius 2 is 2.06 bits per heavy atom. The minimum Gasteiger partial charge on any atom is -0.304 e. The van der Waals surface area contributed by atoms with Gasteiger partial charge in [0.25, 0.3) is 0 Å². The van der Waals surface area contributed by atoms with Crippen molar-refractivity contribution in [3.8, 4) is 6.07 Å². The zero-order chi connectivity index (χ0) is 11.8. The summed E-state index contributed by atoms with van der Waals surface area (Å²) in [4.78, 5) is 4.84. The van der Waals surface area contributed by atoms with E-state index in [0.29, 0.717) is 12.6 Å². The van der Waals surface area contributed by atoms with Gasteiger partial charge in [-0.3, -0.25) is 4.90 Å². The first kappa shape index (κ1) is 13.5. The Morgan fingerprint density at radius 1 is 1.31 bits per heavy atom. The summed E-state index contributed by atoms with van der Waals surface area (Å²) in [7, 11) is 0. The predicted molar refractivity (Wildman–Crippen MR) is 67.2 cm³/mol. The summed E-state index contributed by atoms with van der Waals surface area (Å²) in [5.41, 5.74) is 0. The van der Waals surface area contributed by atoms with Crippen LogP contribution in [0.5, 0.6) is 0 Å². The van der Waals surface area contributed by atoms with E-state index in [4.69, 9.17) is 5.26 Å². The molecule has 0 aliphatic carbocycles. The third-order valence-corrected chi connectivity index (χ3v) is 3.70. The molecule has 1 aliphatic heterocycles. The third-order valence-electron chi connectivity index (χ3n) is 3.70. The number of hydrogen-bond donors (Lipinski definition) is 0. The largest absolute Gasteiger partial charge is 0.304 e. The lowest BCUT2D eigenvalue weighted by atomic mass is 9.99. The van der Waals surface area contributed by atoms with Crippen molar-refractivity contribution in [2.75, 3.05) is 32.7 Å². The van der Waals surface area contributed by atoms with Crippen molar-refractivity contribution in [1.82, 2.24) is 9.80 Å². The molecule has 1 rings (SSSR count). The van der Waals surface area contributed by atoms with E-state index in [1.807, 2.05) is 0 Å². The maximum Gasteiger partial charge on any atom is 0.0868 e. The molecular weight excluding hydrogens is 198 g/mol. The third kappa shape index (κ3) is 4.11. The molecule has 1 unspecified atom stereocenters. The molecule has 0 saturated carbocycles. The van der Waals surface area contributed by atoms with Gasteiger partial charge in [-0.2, -0.15) is 5.26 Å². The Morgan fingerprint density at radius 3 is 2.69 bits per heavy atom. The molecule has 0 radical (unpaired) electrons. The van der Waals surface area contributed by atoms with Crippen molar-refractivity contribution in [3.63, 3.8) is 0 Å². The van der Waals surface area contributed by atoms with Crippen molar-refractivity contribution in [1.29, 1.82) is 5.26 Å². The number of piperidine rings is 1. The molecule has 1 aliphatic rings. The summed E-state index contributed by atoms with van der Waals surface area (Å²) in [6.45, 7) is 9.64. The van der Waals surface area contributed by atoms with Crippen LogP contribution in [0.4, 0.5) is 0 Å². The van der Waals surface area contributed by atoms with Gasteiger partial charge in [-0.15, -0.1) is 0 Å². The van der Waals surface area contributed by atoms with Gasteiger partial charge in [-0.1, -0.05) is 20.3 Å². The van der Waals surface area contributed by atoms with Crippen molar-refractivity contribution in [3.05, 3.63) is 0 Å². The number of rotatable bonds is 6. The van der Waals surface area contributed by atoms with Gasteiger partial charge in [0.15, 0.2) is 0 Å². The summed E-state index contributed by atoms with van der Waals surface area (Å²) in [5.74, 6) is 0. The van der Waals surface area contributed by atoms with E-state index in [9.17, 15) is 0 Å². The van der Waals surface area contributed by atoms with E-state index in [1.54, 1.807) is 0 Å². The van der Waals surface area contributed by atoms with Crippen LogP contribution in [-0.2, 0) is 0 Å². The number of nitrogens with zero attached hydrogens (tertiary/aromatic N) is 3. The topological polar surface area (TPSA) is 30.3 Å². The molecule has 1 fully saturated rings. The van der Waals surface area contributed by atoms with Crippen LogP contribution < -0.4 is 0 Å². The zero-order valence-corrected chi connectivity index (χ0v) is 10.8. The molecule has 0 amide bonds. The molecule has 0 aromatic rings. The summed E-state index contributed by atoms with van der Waals surface area (Å²) >= 11 is 0. The lowest BCUT2D eigenvalue weighted by Crippen LogP contribution is -2.41. The van der Waals surface area contributed by atoms with Crippen molar-refractivity contribution >= 4 is 0 Å². The molecule has 1 atom stereocenters. The Balaban J connectivity index is 2.34. The van der Waals surface area contributed by atoms with E-state index < -0.39 is 0 Å². The van der Waals surface area contributed by atoms with Crippen LogP contribution in [0.25, 0.3) is 0 Å². The molecule has 3 nitrogen and oxygen atoms in total. The van der Waals surface area contributed by atoms with Crippen LogP contribution >= 0.6 is 0 Å². The Kier molecular flexibility index (Phi) is 6.44. The summed E-state index contributed by atoms with van der Waals surface area (Å²) in [6.07, 6.45) is 5.11. The smallest absolute Gasteiger partial charge is 0.0868 e. The Hall–Kier alpha value is -0.590. The monoisotopic (exact) mass is 223 g/mol. The first-order valence-electron chi connectivity index (χ1n) is 6.65. The molecule has 0 aromatic heterocycles. The van der Waals surface area contributed by atoms with Crippen molar-refractivity contribution in [2.45, 2.75) is 45.6 Å². The lowest BCUT2D eigenvalue weighted by Gasteiger charge is -2.35. The van der Waals surface area contributed by atoms with E-state index in [-0.39, 0.29) is 0 Å². The Labute approximate surface area is 100 Å². The summed E-state index contributed by atoms with van der Waals surface area (Å²) in [5, 5.41) is 8.80. The second kappa shape index (κ2) is 7.65. The average Bonchev–Trinajstić information content (AvgIpc) is 2.33. The first-order chi connectivity index (χ1) is 7.81. The average molecular weight is 223 g/mol. The van der Waals surface area contributed by atoms with E-state index in [2.05, 4.69) is 29.7 Å². The number of hydrogen-bond acceptors (Lipinski definition) is 3. The van der Waals surface area contributed by atoms with Crippen molar-refractivity contribution < 1.29 is 0 Å². The highest BCUT2D eigenvalue weighted by molar-refractivity contribution is 4.85. The van der Waals surface area contributed by atoms with Crippen LogP contribution in [0.15, 0.2) is 0 Å². The van der Waals surface area contributed by atoms with Gasteiger partial charge in [-0.25, -0.2) is 0 Å². The van der Waals surface area contributed by atoms with Crippen molar-refractivity contribution in [2.24, 2.45) is 0 Å². The molecule has 0 aromatic carbocycles.